The van der Waals surface area contributed by atoms with Gasteiger partial charge in [-0.15, -0.1) is 0 Å². The number of anilines is 1. The van der Waals surface area contributed by atoms with Crippen LogP contribution < -0.4 is 5.32 Å². The van der Waals surface area contributed by atoms with Gasteiger partial charge in [0.2, 0.25) is 0 Å². The third-order valence-corrected chi connectivity index (χ3v) is 2.55. The molecule has 16 heavy (non-hydrogen) atoms. The van der Waals surface area contributed by atoms with E-state index in [4.69, 9.17) is 0 Å². The zero-order chi connectivity index (χ0) is 11.9. The van der Waals surface area contributed by atoms with Crippen LogP contribution in [-0.4, -0.2) is 18.0 Å². The maximum atomic E-state index is 12.2. The van der Waals surface area contributed by atoms with Gasteiger partial charge < -0.3 is 5.32 Å². The van der Waals surface area contributed by atoms with E-state index in [1.807, 2.05) is 6.92 Å². The first-order valence-corrected chi connectivity index (χ1v) is 4.89. The molecule has 0 spiro atoms. The topological polar surface area (TPSA) is 29.1 Å². The zero-order valence-corrected chi connectivity index (χ0v) is 8.56. The van der Waals surface area contributed by atoms with E-state index in [0.717, 1.165) is 11.3 Å². The number of ketones is 1. The van der Waals surface area contributed by atoms with Gasteiger partial charge in [-0.1, -0.05) is 0 Å². The molecule has 2 nitrogen and oxygen atoms in total. The van der Waals surface area contributed by atoms with Gasteiger partial charge in [0.25, 0.3) is 5.78 Å². The van der Waals surface area contributed by atoms with Gasteiger partial charge in [-0.05, 0) is 37.1 Å². The Kier molecular flexibility index (Phi) is 2.40. The summed E-state index contributed by atoms with van der Waals surface area (Å²) in [5.74, 6) is -1.78. The maximum absolute atomic E-state index is 12.2. The Morgan fingerprint density at radius 1 is 1.44 bits per heavy atom. The Bertz CT molecular complexity index is 439. The van der Waals surface area contributed by atoms with Crippen molar-refractivity contribution in [1.29, 1.82) is 0 Å². The smallest absolute Gasteiger partial charge is 0.382 e. The molecule has 1 heterocycles. The summed E-state index contributed by atoms with van der Waals surface area (Å²) in [6, 6.07) is 4.25. The lowest BCUT2D eigenvalue weighted by atomic mass is 10.0. The fraction of sp³-hybridized carbons (Fsp3) is 0.364. The van der Waals surface area contributed by atoms with Crippen LogP contribution in [0.2, 0.25) is 0 Å². The van der Waals surface area contributed by atoms with Gasteiger partial charge in [-0.2, -0.15) is 13.2 Å². The van der Waals surface area contributed by atoms with Gasteiger partial charge in [0.1, 0.15) is 0 Å². The number of alkyl halides is 3. The number of carbonyl (C=O) groups excluding carboxylic acids is 1. The van der Waals surface area contributed by atoms with Gasteiger partial charge in [0.05, 0.1) is 0 Å². The van der Waals surface area contributed by atoms with Crippen molar-refractivity contribution in [2.45, 2.75) is 25.6 Å². The molecule has 0 unspecified atom stereocenters. The van der Waals surface area contributed by atoms with Crippen molar-refractivity contribution < 1.29 is 18.0 Å². The lowest BCUT2D eigenvalue weighted by Crippen LogP contribution is -2.22. The second-order valence-electron chi connectivity index (χ2n) is 3.95. The summed E-state index contributed by atoms with van der Waals surface area (Å²) in [6.07, 6.45) is -4.15. The fourth-order valence-electron chi connectivity index (χ4n) is 1.85. The van der Waals surface area contributed by atoms with E-state index in [2.05, 4.69) is 5.32 Å². The Balaban J connectivity index is 2.33. The molecule has 0 bridgehead atoms. The molecule has 86 valence electrons. The molecule has 0 fully saturated rings. The number of rotatable bonds is 1. The van der Waals surface area contributed by atoms with Gasteiger partial charge >= 0.3 is 6.18 Å². The van der Waals surface area contributed by atoms with Gasteiger partial charge in [-0.25, -0.2) is 0 Å². The molecular formula is C11H10F3NO. The van der Waals surface area contributed by atoms with Crippen LogP contribution in [0.1, 0.15) is 22.8 Å². The Morgan fingerprint density at radius 3 is 2.75 bits per heavy atom. The minimum absolute atomic E-state index is 0.200. The first-order valence-electron chi connectivity index (χ1n) is 4.89. The summed E-state index contributed by atoms with van der Waals surface area (Å²) < 4.78 is 36.6. The predicted molar refractivity (Wildman–Crippen MR) is 53.6 cm³/mol. The molecule has 0 aromatic heterocycles. The SMILES string of the molecule is C[C@@H]1Cc2cc(C(=O)C(F)(F)F)ccc2N1. The molecule has 2 rings (SSSR count). The minimum Gasteiger partial charge on any atom is -0.382 e. The van der Waals surface area contributed by atoms with E-state index >= 15 is 0 Å². The molecule has 1 atom stereocenters. The van der Waals surface area contributed by atoms with E-state index in [1.54, 1.807) is 0 Å². The number of hydrogen-bond acceptors (Lipinski definition) is 2. The molecule has 0 amide bonds. The van der Waals surface area contributed by atoms with E-state index in [-0.39, 0.29) is 11.6 Å². The maximum Gasteiger partial charge on any atom is 0.454 e. The van der Waals surface area contributed by atoms with Gasteiger partial charge in [-0.3, -0.25) is 4.79 Å². The van der Waals surface area contributed by atoms with Crippen LogP contribution in [-0.2, 0) is 6.42 Å². The van der Waals surface area contributed by atoms with E-state index < -0.39 is 12.0 Å². The monoisotopic (exact) mass is 229 g/mol. The zero-order valence-electron chi connectivity index (χ0n) is 8.56. The highest BCUT2D eigenvalue weighted by molar-refractivity contribution is 6.00. The summed E-state index contributed by atoms with van der Waals surface area (Å²) in [6.45, 7) is 1.94. The van der Waals surface area contributed by atoms with Gasteiger partial charge in [0, 0.05) is 17.3 Å². The lowest BCUT2D eigenvalue weighted by Gasteiger charge is -2.06. The van der Waals surface area contributed by atoms with E-state index in [9.17, 15) is 18.0 Å². The molecule has 0 saturated carbocycles. The second kappa shape index (κ2) is 3.50. The second-order valence-corrected chi connectivity index (χ2v) is 3.95. The molecule has 5 heteroatoms. The number of benzene rings is 1. The summed E-state index contributed by atoms with van der Waals surface area (Å²) in [4.78, 5) is 11.0. The van der Waals surface area contributed by atoms with E-state index in [0.29, 0.717) is 6.42 Å². The molecule has 0 radical (unpaired) electrons. The van der Waals surface area contributed by atoms with Crippen molar-refractivity contribution in [3.05, 3.63) is 29.3 Å². The number of hydrogen-bond donors (Lipinski definition) is 1. The standard InChI is InChI=1S/C11H10F3NO/c1-6-4-8-5-7(2-3-9(8)15-6)10(16)11(12,13)14/h2-3,5-6,15H,4H2,1H3/t6-/m1/s1. The first-order chi connectivity index (χ1) is 7.38. The number of Topliss-reactive ketones (excluding diaryl/α,β-unsaturated/α-hetero) is 1. The van der Waals surface area contributed by atoms with Gasteiger partial charge in [0.15, 0.2) is 0 Å². The number of nitrogens with one attached hydrogen (secondary N) is 1. The van der Waals surface area contributed by atoms with Crippen molar-refractivity contribution in [3.8, 4) is 0 Å². The minimum atomic E-state index is -4.80. The predicted octanol–water partition coefficient (Wildman–Crippen LogP) is 2.79. The molecular weight excluding hydrogens is 219 g/mol. The Morgan fingerprint density at radius 2 is 2.12 bits per heavy atom. The lowest BCUT2D eigenvalue weighted by molar-refractivity contribution is -0.0885. The Hall–Kier alpha value is -1.52. The third kappa shape index (κ3) is 1.89. The fourth-order valence-corrected chi connectivity index (χ4v) is 1.85. The average molecular weight is 229 g/mol. The van der Waals surface area contributed by atoms with E-state index in [1.165, 1.54) is 18.2 Å². The Labute approximate surface area is 90.5 Å². The largest absolute Gasteiger partial charge is 0.454 e. The summed E-state index contributed by atoms with van der Waals surface area (Å²) >= 11 is 0. The summed E-state index contributed by atoms with van der Waals surface area (Å²) in [5, 5.41) is 3.11. The highest BCUT2D eigenvalue weighted by Gasteiger charge is 2.39. The van der Waals surface area contributed by atoms with Crippen molar-refractivity contribution in [3.63, 3.8) is 0 Å². The molecule has 1 aliphatic heterocycles. The number of halogens is 3. The molecule has 0 aliphatic carbocycles. The first kappa shape index (κ1) is 11.0. The molecule has 1 aromatic rings. The molecule has 0 saturated heterocycles. The van der Waals surface area contributed by atoms with Crippen LogP contribution in [0.5, 0.6) is 0 Å². The average Bonchev–Trinajstić information content (AvgIpc) is 2.54. The number of carbonyl (C=O) groups is 1. The quantitative estimate of drug-likeness (QED) is 0.750. The highest BCUT2D eigenvalue weighted by atomic mass is 19.4. The number of fused-ring (bicyclic) bond motifs is 1. The molecule has 1 N–H and O–H groups in total. The van der Waals surface area contributed by atoms with Crippen LogP contribution in [0, 0.1) is 0 Å². The van der Waals surface area contributed by atoms with Crippen molar-refractivity contribution in [2.24, 2.45) is 0 Å². The van der Waals surface area contributed by atoms with Crippen LogP contribution in [0.4, 0.5) is 18.9 Å². The van der Waals surface area contributed by atoms with Crippen LogP contribution in [0.25, 0.3) is 0 Å². The highest BCUT2D eigenvalue weighted by Crippen LogP contribution is 2.29. The summed E-state index contributed by atoms with van der Waals surface area (Å²) in [5.41, 5.74) is 1.29. The van der Waals surface area contributed by atoms with Crippen LogP contribution in [0.15, 0.2) is 18.2 Å². The van der Waals surface area contributed by atoms with Crippen LogP contribution >= 0.6 is 0 Å². The normalized spacial score (nSPS) is 19.1. The van der Waals surface area contributed by atoms with Crippen molar-refractivity contribution in [2.75, 3.05) is 5.32 Å². The van der Waals surface area contributed by atoms with Crippen molar-refractivity contribution >= 4 is 11.5 Å². The third-order valence-electron chi connectivity index (χ3n) is 2.55. The molecule has 1 aromatic carbocycles. The summed E-state index contributed by atoms with van der Waals surface area (Å²) in [7, 11) is 0. The van der Waals surface area contributed by atoms with Crippen LogP contribution in [0.3, 0.4) is 0 Å². The molecule has 1 aliphatic rings. The van der Waals surface area contributed by atoms with Crippen molar-refractivity contribution in [1.82, 2.24) is 0 Å².